The molecule has 1 aliphatic heterocycles. The highest BCUT2D eigenvalue weighted by Gasteiger charge is 2.25. The van der Waals surface area contributed by atoms with Crippen molar-refractivity contribution in [3.8, 4) is 0 Å². The van der Waals surface area contributed by atoms with E-state index >= 15 is 0 Å². The average Bonchev–Trinajstić information content (AvgIpc) is 2.62. The van der Waals surface area contributed by atoms with Crippen LogP contribution in [0.1, 0.15) is 48.2 Å². The largest absolute Gasteiger partial charge is 0.340 e. The maximum atomic E-state index is 12.6. The summed E-state index contributed by atoms with van der Waals surface area (Å²) in [6.07, 6.45) is 11.1. The van der Waals surface area contributed by atoms with E-state index in [9.17, 15) is 9.59 Å². The Kier molecular flexibility index (Phi) is 6.93. The third kappa shape index (κ3) is 4.89. The number of fused-ring (bicyclic) bond motifs is 1. The molecular formula is C18H25N3O3. The number of carbonyl (C=O) groups is 2. The summed E-state index contributed by atoms with van der Waals surface area (Å²) in [6.45, 7) is 0. The number of nitrogens with zero attached hydrogens (tertiary/aromatic N) is 2. The van der Waals surface area contributed by atoms with E-state index in [0.717, 1.165) is 42.9 Å². The summed E-state index contributed by atoms with van der Waals surface area (Å²) in [5, 5.41) is 3.96. The lowest BCUT2D eigenvalue weighted by Gasteiger charge is -2.22. The second-order valence-electron chi connectivity index (χ2n) is 5.85. The molecule has 2 rings (SSSR count). The highest BCUT2D eigenvalue weighted by Crippen LogP contribution is 2.13. The molecule has 24 heavy (non-hydrogen) atoms. The van der Waals surface area contributed by atoms with E-state index in [1.165, 1.54) is 14.2 Å². The molecule has 1 aromatic rings. The third-order valence-corrected chi connectivity index (χ3v) is 4.15. The Hall–Kier alpha value is -2.21. The van der Waals surface area contributed by atoms with Gasteiger partial charge in [-0.2, -0.15) is 0 Å². The first-order valence-corrected chi connectivity index (χ1v) is 8.35. The van der Waals surface area contributed by atoms with Crippen LogP contribution >= 0.6 is 0 Å². The molecule has 0 saturated carbocycles. The number of nitrogens with one attached hydrogen (secondary N) is 1. The second kappa shape index (κ2) is 9.17. The van der Waals surface area contributed by atoms with Crippen LogP contribution in [0.15, 0.2) is 30.5 Å². The molecule has 130 valence electrons. The summed E-state index contributed by atoms with van der Waals surface area (Å²) in [6, 6.07) is 2.84. The molecule has 2 heterocycles. The molecule has 1 aliphatic rings. The molecule has 1 aromatic heterocycles. The van der Waals surface area contributed by atoms with Gasteiger partial charge in [0.1, 0.15) is 6.04 Å². The maximum absolute atomic E-state index is 12.6. The smallest absolute Gasteiger partial charge is 0.268 e. The van der Waals surface area contributed by atoms with Gasteiger partial charge in [-0.3, -0.25) is 19.4 Å². The van der Waals surface area contributed by atoms with Gasteiger partial charge in [-0.1, -0.05) is 18.6 Å². The summed E-state index contributed by atoms with van der Waals surface area (Å²) in [5.74, 6) is -0.551. The Balaban J connectivity index is 2.25. The number of amides is 2. The molecule has 2 amide bonds. The molecule has 0 spiro atoms. The lowest BCUT2D eigenvalue weighted by molar-refractivity contribution is -0.170. The van der Waals surface area contributed by atoms with Gasteiger partial charge in [-0.25, -0.2) is 5.06 Å². The Morgan fingerprint density at radius 3 is 2.96 bits per heavy atom. The van der Waals surface area contributed by atoms with Gasteiger partial charge in [-0.15, -0.1) is 0 Å². The van der Waals surface area contributed by atoms with E-state index in [-0.39, 0.29) is 11.8 Å². The first-order valence-electron chi connectivity index (χ1n) is 8.35. The van der Waals surface area contributed by atoms with Crippen molar-refractivity contribution in [2.24, 2.45) is 0 Å². The van der Waals surface area contributed by atoms with Crippen molar-refractivity contribution in [2.75, 3.05) is 14.2 Å². The van der Waals surface area contributed by atoms with Crippen LogP contribution in [-0.4, -0.2) is 42.1 Å². The number of allylic oxidation sites excluding steroid dienone is 1. The number of rotatable bonds is 2. The zero-order valence-corrected chi connectivity index (χ0v) is 14.3. The van der Waals surface area contributed by atoms with E-state index in [1.54, 1.807) is 18.3 Å². The first kappa shape index (κ1) is 18.1. The monoisotopic (exact) mass is 331 g/mol. The van der Waals surface area contributed by atoms with Gasteiger partial charge in [0.2, 0.25) is 0 Å². The Morgan fingerprint density at radius 2 is 2.17 bits per heavy atom. The fourth-order valence-corrected chi connectivity index (χ4v) is 2.69. The van der Waals surface area contributed by atoms with Crippen molar-refractivity contribution in [1.82, 2.24) is 15.4 Å². The van der Waals surface area contributed by atoms with Gasteiger partial charge >= 0.3 is 0 Å². The summed E-state index contributed by atoms with van der Waals surface area (Å²) >= 11 is 0. The highest BCUT2D eigenvalue weighted by molar-refractivity contribution is 5.98. The molecule has 0 aromatic carbocycles. The number of aryl methyl sites for hydroxylation is 1. The van der Waals surface area contributed by atoms with Crippen molar-refractivity contribution in [2.45, 2.75) is 44.6 Å². The van der Waals surface area contributed by atoms with Crippen LogP contribution in [0.3, 0.4) is 0 Å². The topological polar surface area (TPSA) is 71.5 Å². The number of pyridine rings is 1. The van der Waals surface area contributed by atoms with Crippen molar-refractivity contribution in [1.29, 1.82) is 0 Å². The standard InChI is InChI=1S/C18H25N3O3/c1-21(24-2)18(23)16-12-8-6-4-3-5-7-11-15-14(17(22)20-16)10-9-13-19-15/h6,8-10,13,16H,3-5,7,11-12H2,1-2H3,(H,20,22)/b8-6-/t16-/m0/s1. The minimum absolute atomic E-state index is 0.270. The zero-order valence-electron chi connectivity index (χ0n) is 14.3. The fourth-order valence-electron chi connectivity index (χ4n) is 2.69. The van der Waals surface area contributed by atoms with Crippen LogP contribution in [0.4, 0.5) is 0 Å². The first-order chi connectivity index (χ1) is 11.6. The lowest BCUT2D eigenvalue weighted by atomic mass is 10.1. The van der Waals surface area contributed by atoms with Gasteiger partial charge in [0.15, 0.2) is 0 Å². The average molecular weight is 331 g/mol. The number of hydroxylamine groups is 2. The van der Waals surface area contributed by atoms with Crippen molar-refractivity contribution in [3.05, 3.63) is 41.7 Å². The number of aromatic nitrogens is 1. The molecule has 0 radical (unpaired) electrons. The summed E-state index contributed by atoms with van der Waals surface area (Å²) in [4.78, 5) is 34.4. The van der Waals surface area contributed by atoms with Crippen LogP contribution in [-0.2, 0) is 16.1 Å². The molecule has 6 heteroatoms. The summed E-state index contributed by atoms with van der Waals surface area (Å²) in [5.41, 5.74) is 1.33. The van der Waals surface area contributed by atoms with Gasteiger partial charge < -0.3 is 5.32 Å². The van der Waals surface area contributed by atoms with E-state index in [0.29, 0.717) is 12.0 Å². The summed E-state index contributed by atoms with van der Waals surface area (Å²) in [7, 11) is 2.96. The molecular weight excluding hydrogens is 306 g/mol. The molecule has 0 fully saturated rings. The van der Waals surface area contributed by atoms with Crippen LogP contribution < -0.4 is 5.32 Å². The minimum Gasteiger partial charge on any atom is -0.340 e. The van der Waals surface area contributed by atoms with Gasteiger partial charge in [-0.05, 0) is 44.2 Å². The zero-order chi connectivity index (χ0) is 17.4. The van der Waals surface area contributed by atoms with Gasteiger partial charge in [0, 0.05) is 13.2 Å². The van der Waals surface area contributed by atoms with Crippen LogP contribution in [0.2, 0.25) is 0 Å². The van der Waals surface area contributed by atoms with Gasteiger partial charge in [0.25, 0.3) is 11.8 Å². The lowest BCUT2D eigenvalue weighted by Crippen LogP contribution is -2.47. The Bertz CT molecular complexity index is 601. The molecule has 0 bridgehead atoms. The SMILES string of the molecule is CON(C)C(=O)[C@@H]1C/C=C\CCCCCc2ncccc2C(=O)N1. The van der Waals surface area contributed by atoms with Crippen molar-refractivity contribution in [3.63, 3.8) is 0 Å². The number of hydrogen-bond acceptors (Lipinski definition) is 4. The van der Waals surface area contributed by atoms with Gasteiger partial charge in [0.05, 0.1) is 18.4 Å². The molecule has 1 N–H and O–H groups in total. The predicted octanol–water partition coefficient (Wildman–Crippen LogP) is 2.26. The van der Waals surface area contributed by atoms with Crippen LogP contribution in [0, 0.1) is 0 Å². The molecule has 0 saturated heterocycles. The predicted molar refractivity (Wildman–Crippen MR) is 91.2 cm³/mol. The Labute approximate surface area is 142 Å². The number of carbonyl (C=O) groups excluding carboxylic acids is 2. The van der Waals surface area contributed by atoms with E-state index < -0.39 is 6.04 Å². The second-order valence-corrected chi connectivity index (χ2v) is 5.85. The van der Waals surface area contributed by atoms with E-state index in [2.05, 4.69) is 16.4 Å². The van der Waals surface area contributed by atoms with Crippen molar-refractivity contribution >= 4 is 11.8 Å². The number of hydrogen-bond donors (Lipinski definition) is 1. The van der Waals surface area contributed by atoms with Crippen LogP contribution in [0.25, 0.3) is 0 Å². The number of likely N-dealkylation sites (N-methyl/N-ethyl adjacent to an activating group) is 1. The quantitative estimate of drug-likeness (QED) is 0.666. The van der Waals surface area contributed by atoms with E-state index in [1.807, 2.05) is 6.08 Å². The molecule has 0 aliphatic carbocycles. The molecule has 1 atom stereocenters. The molecule has 6 nitrogen and oxygen atoms in total. The maximum Gasteiger partial charge on any atom is 0.268 e. The van der Waals surface area contributed by atoms with Crippen molar-refractivity contribution < 1.29 is 14.4 Å². The fraction of sp³-hybridized carbons (Fsp3) is 0.500. The third-order valence-electron chi connectivity index (χ3n) is 4.15. The molecule has 0 unspecified atom stereocenters. The summed E-state index contributed by atoms with van der Waals surface area (Å²) < 4.78 is 0. The minimum atomic E-state index is -0.660. The highest BCUT2D eigenvalue weighted by atomic mass is 16.7. The van der Waals surface area contributed by atoms with E-state index in [4.69, 9.17) is 4.84 Å². The van der Waals surface area contributed by atoms with Crippen LogP contribution in [0.5, 0.6) is 0 Å². The normalized spacial score (nSPS) is 20.6. The Morgan fingerprint density at radius 1 is 1.33 bits per heavy atom.